The molecule has 0 aromatic rings. The Hall–Kier alpha value is -0.540. The molecule has 0 aromatic carbocycles. The summed E-state index contributed by atoms with van der Waals surface area (Å²) in [5, 5.41) is 0. The average molecular weight is 399 g/mol. The Morgan fingerprint density at radius 3 is 1.21 bits per heavy atom. The van der Waals surface area contributed by atoms with Crippen molar-refractivity contribution in [3.63, 3.8) is 0 Å². The maximum Gasteiger partial charge on any atom is 0.306 e. The lowest BCUT2D eigenvalue weighted by Gasteiger charge is -2.30. The Morgan fingerprint density at radius 2 is 1.00 bits per heavy atom. The molecule has 0 aliphatic carbocycles. The number of esters is 3. The summed E-state index contributed by atoms with van der Waals surface area (Å²) in [5.41, 5.74) is -0.894. The molecular formula is C15H26O6S3. The second kappa shape index (κ2) is 13.7. The highest BCUT2D eigenvalue weighted by Gasteiger charge is 2.37. The van der Waals surface area contributed by atoms with Crippen molar-refractivity contribution in [3.8, 4) is 0 Å². The van der Waals surface area contributed by atoms with Gasteiger partial charge in [-0.25, -0.2) is 0 Å². The van der Waals surface area contributed by atoms with Gasteiger partial charge in [0.25, 0.3) is 0 Å². The quantitative estimate of drug-likeness (QED) is 0.250. The van der Waals surface area contributed by atoms with Gasteiger partial charge in [0.05, 0.1) is 19.3 Å². The summed E-state index contributed by atoms with van der Waals surface area (Å²) in [6.07, 6.45) is 0.227. The molecular weight excluding hydrogens is 372 g/mol. The SMILES string of the molecule is CCC(CC(=O)OCCS)(CC(=O)OCCS)CC(=O)OCCS. The second-order valence-electron chi connectivity index (χ2n) is 5.22. The van der Waals surface area contributed by atoms with E-state index in [0.29, 0.717) is 23.7 Å². The highest BCUT2D eigenvalue weighted by Crippen LogP contribution is 2.36. The number of carbonyl (C=O) groups excluding carboxylic acids is 3. The second-order valence-corrected chi connectivity index (χ2v) is 6.56. The minimum absolute atomic E-state index is 0.0662. The molecule has 0 N–H and O–H groups in total. The zero-order chi connectivity index (χ0) is 18.4. The van der Waals surface area contributed by atoms with Crippen molar-refractivity contribution in [1.29, 1.82) is 0 Å². The van der Waals surface area contributed by atoms with Gasteiger partial charge in [0.1, 0.15) is 19.8 Å². The number of thiol groups is 3. The van der Waals surface area contributed by atoms with E-state index in [1.165, 1.54) is 0 Å². The first kappa shape index (κ1) is 23.5. The van der Waals surface area contributed by atoms with Crippen LogP contribution in [0.1, 0.15) is 32.6 Å². The summed E-state index contributed by atoms with van der Waals surface area (Å²) in [7, 11) is 0. The van der Waals surface area contributed by atoms with E-state index in [1.807, 2.05) is 6.92 Å². The highest BCUT2D eigenvalue weighted by atomic mass is 32.1. The van der Waals surface area contributed by atoms with Gasteiger partial charge in [-0.15, -0.1) is 0 Å². The maximum absolute atomic E-state index is 12.0. The first-order valence-corrected chi connectivity index (χ1v) is 9.62. The first-order valence-electron chi connectivity index (χ1n) is 7.72. The van der Waals surface area contributed by atoms with Crippen LogP contribution in [0, 0.1) is 5.41 Å². The van der Waals surface area contributed by atoms with Crippen LogP contribution in [0.15, 0.2) is 0 Å². The van der Waals surface area contributed by atoms with Crippen molar-refractivity contribution in [1.82, 2.24) is 0 Å². The molecule has 0 rings (SSSR count). The number of hydrogen-bond acceptors (Lipinski definition) is 9. The molecule has 140 valence electrons. The van der Waals surface area contributed by atoms with Crippen molar-refractivity contribution in [2.24, 2.45) is 5.41 Å². The molecule has 0 atom stereocenters. The van der Waals surface area contributed by atoms with Gasteiger partial charge in [-0.2, -0.15) is 37.9 Å². The van der Waals surface area contributed by atoms with Crippen molar-refractivity contribution < 1.29 is 28.6 Å². The minimum atomic E-state index is -0.894. The number of rotatable bonds is 13. The normalized spacial score (nSPS) is 11.0. The Balaban J connectivity index is 5.01. The van der Waals surface area contributed by atoms with Gasteiger partial charge < -0.3 is 14.2 Å². The van der Waals surface area contributed by atoms with Crippen molar-refractivity contribution >= 4 is 55.8 Å². The Labute approximate surface area is 159 Å². The summed E-state index contributed by atoms with van der Waals surface area (Å²) in [5.74, 6) is -0.226. The Kier molecular flexibility index (Phi) is 13.4. The van der Waals surface area contributed by atoms with E-state index in [9.17, 15) is 14.4 Å². The van der Waals surface area contributed by atoms with Gasteiger partial charge >= 0.3 is 17.9 Å². The summed E-state index contributed by atoms with van der Waals surface area (Å²) in [6.45, 7) is 2.34. The third kappa shape index (κ3) is 10.4. The molecule has 0 aliphatic rings. The smallest absolute Gasteiger partial charge is 0.306 e. The lowest BCUT2D eigenvalue weighted by Crippen LogP contribution is -2.32. The molecule has 0 spiro atoms. The van der Waals surface area contributed by atoms with Crippen LogP contribution in [-0.2, 0) is 28.6 Å². The van der Waals surface area contributed by atoms with Crippen molar-refractivity contribution in [2.45, 2.75) is 32.6 Å². The molecule has 0 saturated heterocycles. The van der Waals surface area contributed by atoms with Crippen LogP contribution in [0.5, 0.6) is 0 Å². The Morgan fingerprint density at radius 1 is 0.708 bits per heavy atom. The van der Waals surface area contributed by atoms with Crippen LogP contribution in [0.3, 0.4) is 0 Å². The van der Waals surface area contributed by atoms with E-state index in [1.54, 1.807) is 0 Å². The van der Waals surface area contributed by atoms with Crippen LogP contribution in [-0.4, -0.2) is 55.0 Å². The fourth-order valence-electron chi connectivity index (χ4n) is 2.11. The van der Waals surface area contributed by atoms with E-state index in [2.05, 4.69) is 37.9 Å². The van der Waals surface area contributed by atoms with Gasteiger partial charge in [0.2, 0.25) is 0 Å². The van der Waals surface area contributed by atoms with Crippen LogP contribution in [0.25, 0.3) is 0 Å². The van der Waals surface area contributed by atoms with Crippen molar-refractivity contribution in [2.75, 3.05) is 37.1 Å². The monoisotopic (exact) mass is 398 g/mol. The van der Waals surface area contributed by atoms with Crippen molar-refractivity contribution in [3.05, 3.63) is 0 Å². The number of hydrogen-bond donors (Lipinski definition) is 3. The lowest BCUT2D eigenvalue weighted by molar-refractivity contribution is -0.154. The zero-order valence-electron chi connectivity index (χ0n) is 13.9. The predicted octanol–water partition coefficient (Wildman–Crippen LogP) is 1.97. The average Bonchev–Trinajstić information content (AvgIpc) is 2.56. The molecule has 0 radical (unpaired) electrons. The molecule has 6 nitrogen and oxygen atoms in total. The molecule has 9 heteroatoms. The van der Waals surface area contributed by atoms with E-state index < -0.39 is 23.3 Å². The summed E-state index contributed by atoms with van der Waals surface area (Å²) < 4.78 is 15.1. The summed E-state index contributed by atoms with van der Waals surface area (Å²) in [6, 6.07) is 0. The van der Waals surface area contributed by atoms with Crippen LogP contribution < -0.4 is 0 Å². The topological polar surface area (TPSA) is 78.9 Å². The van der Waals surface area contributed by atoms with E-state index in [4.69, 9.17) is 14.2 Å². The molecule has 0 amide bonds. The minimum Gasteiger partial charge on any atom is -0.465 e. The van der Waals surface area contributed by atoms with Crippen LogP contribution in [0.4, 0.5) is 0 Å². The summed E-state index contributed by atoms with van der Waals surface area (Å²) in [4.78, 5) is 35.9. The Bertz CT molecular complexity index is 348. The third-order valence-corrected chi connectivity index (χ3v) is 3.92. The fraction of sp³-hybridized carbons (Fsp3) is 0.800. The predicted molar refractivity (Wildman–Crippen MR) is 101 cm³/mol. The highest BCUT2D eigenvalue weighted by molar-refractivity contribution is 7.80. The number of carbonyl (C=O) groups is 3. The molecule has 0 aromatic heterocycles. The van der Waals surface area contributed by atoms with Crippen LogP contribution in [0.2, 0.25) is 0 Å². The molecule has 0 fully saturated rings. The first-order chi connectivity index (χ1) is 11.4. The van der Waals surface area contributed by atoms with Gasteiger partial charge in [0.15, 0.2) is 0 Å². The maximum atomic E-state index is 12.0. The molecule has 0 aliphatic heterocycles. The molecule has 24 heavy (non-hydrogen) atoms. The van der Waals surface area contributed by atoms with Gasteiger partial charge in [-0.1, -0.05) is 6.92 Å². The molecule has 0 bridgehead atoms. The van der Waals surface area contributed by atoms with Crippen LogP contribution >= 0.6 is 37.9 Å². The fourth-order valence-corrected chi connectivity index (χ4v) is 2.39. The van der Waals surface area contributed by atoms with E-state index in [0.717, 1.165) is 0 Å². The van der Waals surface area contributed by atoms with E-state index >= 15 is 0 Å². The van der Waals surface area contributed by atoms with Gasteiger partial charge in [-0.3, -0.25) is 14.4 Å². The molecule has 0 heterocycles. The standard InChI is InChI=1S/C15H26O6S3/c1-2-15(9-12(16)19-3-6-22,10-13(17)20-4-7-23)11-14(18)21-5-8-24/h22-24H,2-11H2,1H3. The molecule has 0 saturated carbocycles. The van der Waals surface area contributed by atoms with Gasteiger partial charge in [0, 0.05) is 22.7 Å². The zero-order valence-corrected chi connectivity index (χ0v) is 16.5. The largest absolute Gasteiger partial charge is 0.465 e. The summed E-state index contributed by atoms with van der Waals surface area (Å²) >= 11 is 11.9. The van der Waals surface area contributed by atoms with E-state index in [-0.39, 0.29) is 39.1 Å². The number of ether oxygens (including phenoxy) is 3. The lowest BCUT2D eigenvalue weighted by atomic mass is 9.75. The molecule has 0 unspecified atom stereocenters. The van der Waals surface area contributed by atoms with Gasteiger partial charge in [-0.05, 0) is 6.42 Å². The third-order valence-electron chi connectivity index (χ3n) is 3.37.